The minimum absolute atomic E-state index is 0.0639. The first-order valence-corrected chi connectivity index (χ1v) is 4.99. The Kier molecular flexibility index (Phi) is 4.13. The summed E-state index contributed by atoms with van der Waals surface area (Å²) in [6, 6.07) is 5.70. The van der Waals surface area contributed by atoms with E-state index in [1.54, 1.807) is 0 Å². The first-order chi connectivity index (χ1) is 7.50. The van der Waals surface area contributed by atoms with E-state index in [2.05, 4.69) is 5.32 Å². The summed E-state index contributed by atoms with van der Waals surface area (Å²) in [6.07, 6.45) is 0. The van der Waals surface area contributed by atoms with E-state index in [0.717, 1.165) is 11.3 Å². The second-order valence-electron chi connectivity index (χ2n) is 3.77. The highest BCUT2D eigenvalue weighted by Gasteiger charge is 2.03. The quantitative estimate of drug-likeness (QED) is 0.634. The van der Waals surface area contributed by atoms with Gasteiger partial charge in [-0.15, -0.1) is 0 Å². The summed E-state index contributed by atoms with van der Waals surface area (Å²) < 4.78 is 0. The number of nitrogens with zero attached hydrogens (tertiary/aromatic N) is 1. The second-order valence-corrected chi connectivity index (χ2v) is 3.77. The van der Waals surface area contributed by atoms with Crippen LogP contribution in [0.25, 0.3) is 0 Å². The summed E-state index contributed by atoms with van der Waals surface area (Å²) in [5, 5.41) is 11.3. The van der Waals surface area contributed by atoms with Gasteiger partial charge in [-0.2, -0.15) is 0 Å². The van der Waals surface area contributed by atoms with Crippen LogP contribution in [0.2, 0.25) is 0 Å². The maximum Gasteiger partial charge on any atom is 0.317 e. The third-order valence-electron chi connectivity index (χ3n) is 2.23. The Balaban J connectivity index is 2.70. The fraction of sp³-hybridized carbons (Fsp3) is 0.364. The molecular weight excluding hydrogens is 206 g/mol. The molecule has 16 heavy (non-hydrogen) atoms. The molecule has 0 radical (unpaired) electrons. The minimum atomic E-state index is -0.873. The lowest BCUT2D eigenvalue weighted by Crippen LogP contribution is -2.22. The van der Waals surface area contributed by atoms with Gasteiger partial charge in [-0.3, -0.25) is 4.79 Å². The van der Waals surface area contributed by atoms with Gasteiger partial charge in [0, 0.05) is 32.0 Å². The highest BCUT2D eigenvalue weighted by atomic mass is 16.4. The van der Waals surface area contributed by atoms with E-state index in [9.17, 15) is 4.79 Å². The molecule has 0 aliphatic heterocycles. The molecule has 0 bridgehead atoms. The van der Waals surface area contributed by atoms with Gasteiger partial charge in [0.05, 0.1) is 6.54 Å². The monoisotopic (exact) mass is 223 g/mol. The van der Waals surface area contributed by atoms with Crippen LogP contribution in [0, 0.1) is 0 Å². The third kappa shape index (κ3) is 3.43. The van der Waals surface area contributed by atoms with E-state index >= 15 is 0 Å². The van der Waals surface area contributed by atoms with Crippen molar-refractivity contribution in [2.24, 2.45) is 0 Å². The molecule has 88 valence electrons. The average molecular weight is 223 g/mol. The Morgan fingerprint density at radius 1 is 1.50 bits per heavy atom. The normalized spacial score (nSPS) is 10.1. The van der Waals surface area contributed by atoms with Gasteiger partial charge in [-0.1, -0.05) is 0 Å². The number of nitrogens with one attached hydrogen (secondary N) is 1. The molecule has 0 saturated carbocycles. The van der Waals surface area contributed by atoms with Crippen molar-refractivity contribution in [3.63, 3.8) is 0 Å². The predicted molar refractivity (Wildman–Crippen MR) is 64.5 cm³/mol. The van der Waals surface area contributed by atoms with Gasteiger partial charge in [0.2, 0.25) is 0 Å². The van der Waals surface area contributed by atoms with E-state index in [-0.39, 0.29) is 6.54 Å². The first kappa shape index (κ1) is 12.3. The Bertz CT molecular complexity index is 377. The van der Waals surface area contributed by atoms with Crippen LogP contribution in [-0.2, 0) is 11.3 Å². The summed E-state index contributed by atoms with van der Waals surface area (Å²) in [5.41, 5.74) is 8.42. The van der Waals surface area contributed by atoms with Gasteiger partial charge < -0.3 is 21.1 Å². The van der Waals surface area contributed by atoms with Crippen LogP contribution in [0.3, 0.4) is 0 Å². The van der Waals surface area contributed by atoms with Gasteiger partial charge in [0.25, 0.3) is 0 Å². The summed E-state index contributed by atoms with van der Waals surface area (Å²) in [5.74, 6) is -0.873. The van der Waals surface area contributed by atoms with Crippen LogP contribution in [-0.4, -0.2) is 31.7 Å². The molecule has 0 saturated heterocycles. The Morgan fingerprint density at radius 2 is 2.19 bits per heavy atom. The minimum Gasteiger partial charge on any atom is -0.480 e. The number of nitrogens with two attached hydrogens (primary N) is 1. The van der Waals surface area contributed by atoms with Crippen molar-refractivity contribution >= 4 is 17.3 Å². The van der Waals surface area contributed by atoms with E-state index in [1.807, 2.05) is 37.2 Å². The Morgan fingerprint density at radius 3 is 2.75 bits per heavy atom. The van der Waals surface area contributed by atoms with Gasteiger partial charge in [-0.25, -0.2) is 0 Å². The molecule has 0 unspecified atom stereocenters. The zero-order chi connectivity index (χ0) is 12.1. The number of hydrogen-bond acceptors (Lipinski definition) is 4. The first-order valence-electron chi connectivity index (χ1n) is 4.99. The zero-order valence-corrected chi connectivity index (χ0v) is 9.53. The number of carboxylic acids is 1. The topological polar surface area (TPSA) is 78.6 Å². The lowest BCUT2D eigenvalue weighted by Gasteiger charge is -2.15. The number of carbonyl (C=O) groups is 1. The SMILES string of the molecule is CN(C)c1ccc(N)c(CNCC(=O)O)c1. The molecule has 1 aromatic carbocycles. The van der Waals surface area contributed by atoms with Crippen molar-refractivity contribution in [1.29, 1.82) is 0 Å². The molecule has 0 fully saturated rings. The van der Waals surface area contributed by atoms with E-state index in [4.69, 9.17) is 10.8 Å². The molecule has 1 rings (SSSR count). The van der Waals surface area contributed by atoms with Crippen LogP contribution < -0.4 is 16.0 Å². The molecule has 0 aliphatic carbocycles. The van der Waals surface area contributed by atoms with Crippen LogP contribution in [0.15, 0.2) is 18.2 Å². The predicted octanol–water partition coefficient (Wildman–Crippen LogP) is 0.509. The van der Waals surface area contributed by atoms with E-state index in [1.165, 1.54) is 0 Å². The summed E-state index contributed by atoms with van der Waals surface area (Å²) >= 11 is 0. The second kappa shape index (κ2) is 5.37. The number of hydrogen-bond donors (Lipinski definition) is 3. The molecule has 0 heterocycles. The summed E-state index contributed by atoms with van der Waals surface area (Å²) in [7, 11) is 3.89. The summed E-state index contributed by atoms with van der Waals surface area (Å²) in [6.45, 7) is 0.394. The molecule has 0 aromatic heterocycles. The third-order valence-corrected chi connectivity index (χ3v) is 2.23. The van der Waals surface area contributed by atoms with Crippen molar-refractivity contribution < 1.29 is 9.90 Å². The molecule has 0 spiro atoms. The molecule has 0 aliphatic rings. The van der Waals surface area contributed by atoms with Crippen LogP contribution >= 0.6 is 0 Å². The zero-order valence-electron chi connectivity index (χ0n) is 9.53. The Hall–Kier alpha value is -1.75. The molecule has 5 nitrogen and oxygen atoms in total. The lowest BCUT2D eigenvalue weighted by atomic mass is 10.1. The molecule has 0 amide bonds. The Labute approximate surface area is 94.9 Å². The maximum absolute atomic E-state index is 10.3. The molecule has 5 heteroatoms. The van der Waals surface area contributed by atoms with Crippen molar-refractivity contribution in [1.82, 2.24) is 5.32 Å². The average Bonchev–Trinajstić information content (AvgIpc) is 2.20. The van der Waals surface area contributed by atoms with Crippen LogP contribution in [0.1, 0.15) is 5.56 Å². The smallest absolute Gasteiger partial charge is 0.317 e. The molecule has 4 N–H and O–H groups in total. The highest BCUT2D eigenvalue weighted by molar-refractivity contribution is 5.69. The van der Waals surface area contributed by atoms with Crippen molar-refractivity contribution in [3.05, 3.63) is 23.8 Å². The van der Waals surface area contributed by atoms with E-state index < -0.39 is 5.97 Å². The van der Waals surface area contributed by atoms with Crippen LogP contribution in [0.5, 0.6) is 0 Å². The number of carboxylic acid groups (broad SMARTS) is 1. The van der Waals surface area contributed by atoms with Crippen molar-refractivity contribution in [2.45, 2.75) is 6.54 Å². The van der Waals surface area contributed by atoms with Gasteiger partial charge in [-0.05, 0) is 23.8 Å². The fourth-order valence-corrected chi connectivity index (χ4v) is 1.33. The maximum atomic E-state index is 10.3. The van der Waals surface area contributed by atoms with Gasteiger partial charge >= 0.3 is 5.97 Å². The largest absolute Gasteiger partial charge is 0.480 e. The molecule has 1 aromatic rings. The number of rotatable bonds is 5. The number of anilines is 2. The van der Waals surface area contributed by atoms with Gasteiger partial charge in [0.1, 0.15) is 0 Å². The highest BCUT2D eigenvalue weighted by Crippen LogP contribution is 2.19. The molecule has 0 atom stereocenters. The standard InChI is InChI=1S/C11H17N3O2/c1-14(2)9-3-4-10(12)8(5-9)6-13-7-11(15)16/h3-5,13H,6-7,12H2,1-2H3,(H,15,16). The fourth-order valence-electron chi connectivity index (χ4n) is 1.33. The lowest BCUT2D eigenvalue weighted by molar-refractivity contribution is -0.135. The number of benzene rings is 1. The van der Waals surface area contributed by atoms with Crippen molar-refractivity contribution in [2.75, 3.05) is 31.3 Å². The molecular formula is C11H17N3O2. The number of aliphatic carboxylic acids is 1. The van der Waals surface area contributed by atoms with Gasteiger partial charge in [0.15, 0.2) is 0 Å². The number of nitrogen functional groups attached to an aromatic ring is 1. The van der Waals surface area contributed by atoms with E-state index in [0.29, 0.717) is 12.2 Å². The van der Waals surface area contributed by atoms with Crippen LogP contribution in [0.4, 0.5) is 11.4 Å². The van der Waals surface area contributed by atoms with Crippen molar-refractivity contribution in [3.8, 4) is 0 Å². The summed E-state index contributed by atoms with van der Waals surface area (Å²) in [4.78, 5) is 12.3.